The lowest BCUT2D eigenvalue weighted by atomic mass is 10.1. The third-order valence-electron chi connectivity index (χ3n) is 1.57. The van der Waals surface area contributed by atoms with E-state index >= 15 is 0 Å². The minimum atomic E-state index is -1.14. The van der Waals surface area contributed by atoms with Gasteiger partial charge in [-0.3, -0.25) is 0 Å². The second kappa shape index (κ2) is 3.97. The summed E-state index contributed by atoms with van der Waals surface area (Å²) in [5.74, 6) is 3.42. The van der Waals surface area contributed by atoms with Crippen molar-refractivity contribution in [2.75, 3.05) is 0 Å². The summed E-state index contributed by atoms with van der Waals surface area (Å²) in [5.41, 5.74) is 1.45. The van der Waals surface area contributed by atoms with E-state index in [0.717, 1.165) is 5.56 Å². The molecule has 0 atom stereocenters. The number of hydrogen-bond donors (Lipinski definition) is 1. The van der Waals surface area contributed by atoms with Gasteiger partial charge in [-0.1, -0.05) is 23.6 Å². The molecule has 0 fully saturated rings. The van der Waals surface area contributed by atoms with Gasteiger partial charge >= 0.3 is 5.97 Å². The topological polar surface area (TPSA) is 37.3 Å². The number of hydrogen-bond acceptors (Lipinski definition) is 1. The summed E-state index contributed by atoms with van der Waals surface area (Å²) in [6.07, 6.45) is 0. The van der Waals surface area contributed by atoms with Crippen molar-refractivity contribution < 1.29 is 9.90 Å². The molecule has 0 aliphatic heterocycles. The Bertz CT molecular complexity index is 399. The first kappa shape index (κ1) is 9.63. The highest BCUT2D eigenvalue weighted by molar-refractivity contribution is 6.31. The van der Waals surface area contributed by atoms with Gasteiger partial charge in [0.15, 0.2) is 0 Å². The van der Waals surface area contributed by atoms with Gasteiger partial charge in [-0.25, -0.2) is 4.79 Å². The van der Waals surface area contributed by atoms with Crippen molar-refractivity contribution in [3.63, 3.8) is 0 Å². The minimum absolute atomic E-state index is 0.595. The summed E-state index contributed by atoms with van der Waals surface area (Å²) in [5, 5.41) is 8.92. The van der Waals surface area contributed by atoms with Crippen molar-refractivity contribution in [2.24, 2.45) is 0 Å². The van der Waals surface area contributed by atoms with Crippen LogP contribution in [0.15, 0.2) is 18.2 Å². The molecule has 1 rings (SSSR count). The van der Waals surface area contributed by atoms with Gasteiger partial charge in [0, 0.05) is 16.5 Å². The predicted molar refractivity (Wildman–Crippen MR) is 50.7 cm³/mol. The Labute approximate surface area is 81.1 Å². The summed E-state index contributed by atoms with van der Waals surface area (Å²) < 4.78 is 0. The predicted octanol–water partition coefficient (Wildman–Crippen LogP) is 2.08. The van der Waals surface area contributed by atoms with E-state index < -0.39 is 5.97 Å². The van der Waals surface area contributed by atoms with E-state index in [2.05, 4.69) is 5.92 Å². The SMILES string of the molecule is Cc1c(Cl)cccc1C#CC(=O)O. The van der Waals surface area contributed by atoms with Gasteiger partial charge in [0.1, 0.15) is 0 Å². The molecule has 0 aromatic heterocycles. The highest BCUT2D eigenvalue weighted by Gasteiger charge is 1.98. The lowest BCUT2D eigenvalue weighted by molar-refractivity contribution is -0.130. The van der Waals surface area contributed by atoms with Crippen LogP contribution in [0.1, 0.15) is 11.1 Å². The van der Waals surface area contributed by atoms with Gasteiger partial charge in [0.2, 0.25) is 0 Å². The summed E-state index contributed by atoms with van der Waals surface area (Å²) in [4.78, 5) is 10.2. The van der Waals surface area contributed by atoms with E-state index in [4.69, 9.17) is 16.7 Å². The Morgan fingerprint density at radius 2 is 2.23 bits per heavy atom. The number of carbonyl (C=O) groups is 1. The van der Waals surface area contributed by atoms with Crippen molar-refractivity contribution in [1.82, 2.24) is 0 Å². The highest BCUT2D eigenvalue weighted by atomic mass is 35.5. The van der Waals surface area contributed by atoms with Gasteiger partial charge in [0.25, 0.3) is 0 Å². The first-order valence-electron chi connectivity index (χ1n) is 3.61. The monoisotopic (exact) mass is 194 g/mol. The quantitative estimate of drug-likeness (QED) is 0.642. The van der Waals surface area contributed by atoms with Crippen LogP contribution in [0.4, 0.5) is 0 Å². The fourth-order valence-corrected chi connectivity index (χ4v) is 1.04. The number of benzene rings is 1. The zero-order valence-corrected chi connectivity index (χ0v) is 7.72. The first-order chi connectivity index (χ1) is 6.11. The summed E-state index contributed by atoms with van der Waals surface area (Å²) in [6.45, 7) is 1.80. The van der Waals surface area contributed by atoms with Gasteiger partial charge < -0.3 is 5.11 Å². The van der Waals surface area contributed by atoms with Crippen molar-refractivity contribution >= 4 is 17.6 Å². The summed E-state index contributed by atoms with van der Waals surface area (Å²) >= 11 is 5.81. The van der Waals surface area contributed by atoms with E-state index in [-0.39, 0.29) is 0 Å². The number of carboxylic acid groups (broad SMARTS) is 1. The first-order valence-corrected chi connectivity index (χ1v) is 3.99. The molecule has 1 aromatic carbocycles. The third-order valence-corrected chi connectivity index (χ3v) is 1.98. The Hall–Kier alpha value is -1.46. The molecule has 0 radical (unpaired) electrons. The lowest BCUT2D eigenvalue weighted by Crippen LogP contribution is -1.88. The van der Waals surface area contributed by atoms with Crippen LogP contribution in [0, 0.1) is 18.8 Å². The minimum Gasteiger partial charge on any atom is -0.472 e. The fourth-order valence-electron chi connectivity index (χ4n) is 0.864. The molecular formula is C10H7ClO2. The van der Waals surface area contributed by atoms with Gasteiger partial charge in [-0.15, -0.1) is 0 Å². The average molecular weight is 195 g/mol. The normalized spacial score (nSPS) is 8.77. The number of carboxylic acids is 1. The molecule has 2 nitrogen and oxygen atoms in total. The fraction of sp³-hybridized carbons (Fsp3) is 0.100. The van der Waals surface area contributed by atoms with E-state index in [1.54, 1.807) is 25.1 Å². The molecular weight excluding hydrogens is 188 g/mol. The van der Waals surface area contributed by atoms with E-state index in [1.807, 2.05) is 5.92 Å². The largest absolute Gasteiger partial charge is 0.472 e. The summed E-state index contributed by atoms with van der Waals surface area (Å²) in [6, 6.07) is 5.21. The Balaban J connectivity index is 3.11. The smallest absolute Gasteiger partial charge is 0.382 e. The van der Waals surface area contributed by atoms with Crippen molar-refractivity contribution in [2.45, 2.75) is 6.92 Å². The van der Waals surface area contributed by atoms with Crippen LogP contribution < -0.4 is 0 Å². The van der Waals surface area contributed by atoms with Crippen LogP contribution >= 0.6 is 11.6 Å². The molecule has 0 heterocycles. The highest BCUT2D eigenvalue weighted by Crippen LogP contribution is 2.17. The molecule has 1 N–H and O–H groups in total. The molecule has 0 saturated carbocycles. The van der Waals surface area contributed by atoms with Crippen LogP contribution in [0.3, 0.4) is 0 Å². The molecule has 13 heavy (non-hydrogen) atoms. The molecule has 0 amide bonds. The average Bonchev–Trinajstić information content (AvgIpc) is 2.07. The standard InChI is InChI=1S/C10H7ClO2/c1-7-8(5-6-10(12)13)3-2-4-9(7)11/h2-4H,1H3,(H,12,13). The molecule has 0 saturated heterocycles. The second-order valence-corrected chi connectivity index (χ2v) is 2.87. The molecule has 0 aliphatic carbocycles. The van der Waals surface area contributed by atoms with Crippen LogP contribution in [0.2, 0.25) is 5.02 Å². The third kappa shape index (κ3) is 2.50. The van der Waals surface area contributed by atoms with Crippen LogP contribution in [0.25, 0.3) is 0 Å². The van der Waals surface area contributed by atoms with E-state index in [1.165, 1.54) is 0 Å². The van der Waals surface area contributed by atoms with Crippen LogP contribution in [-0.2, 0) is 4.79 Å². The molecule has 0 unspecified atom stereocenters. The molecule has 0 bridgehead atoms. The van der Waals surface area contributed by atoms with Gasteiger partial charge in [-0.2, -0.15) is 0 Å². The zero-order valence-electron chi connectivity index (χ0n) is 6.97. The molecule has 0 spiro atoms. The lowest BCUT2D eigenvalue weighted by Gasteiger charge is -1.98. The zero-order chi connectivity index (χ0) is 9.84. The van der Waals surface area contributed by atoms with E-state index in [9.17, 15) is 4.79 Å². The van der Waals surface area contributed by atoms with Gasteiger partial charge in [-0.05, 0) is 24.6 Å². The maximum Gasteiger partial charge on any atom is 0.382 e. The van der Waals surface area contributed by atoms with Crippen LogP contribution in [-0.4, -0.2) is 11.1 Å². The Morgan fingerprint density at radius 3 is 2.85 bits per heavy atom. The summed E-state index contributed by atoms with van der Waals surface area (Å²) in [7, 11) is 0. The molecule has 3 heteroatoms. The van der Waals surface area contributed by atoms with Crippen LogP contribution in [0.5, 0.6) is 0 Å². The van der Waals surface area contributed by atoms with Crippen molar-refractivity contribution in [3.05, 3.63) is 34.3 Å². The van der Waals surface area contributed by atoms with Gasteiger partial charge in [0.05, 0.1) is 0 Å². The second-order valence-electron chi connectivity index (χ2n) is 2.47. The van der Waals surface area contributed by atoms with E-state index in [0.29, 0.717) is 10.6 Å². The van der Waals surface area contributed by atoms with Crippen molar-refractivity contribution in [1.29, 1.82) is 0 Å². The maximum absolute atomic E-state index is 10.2. The number of aliphatic carboxylic acids is 1. The Kier molecular flexibility index (Phi) is 2.94. The molecule has 0 aliphatic rings. The maximum atomic E-state index is 10.2. The molecule has 1 aromatic rings. The Morgan fingerprint density at radius 1 is 1.54 bits per heavy atom. The number of rotatable bonds is 0. The number of halogens is 1. The molecule has 66 valence electrons. The van der Waals surface area contributed by atoms with Crippen molar-refractivity contribution in [3.8, 4) is 11.8 Å².